The van der Waals surface area contributed by atoms with E-state index in [2.05, 4.69) is 14.9 Å². The van der Waals surface area contributed by atoms with Crippen molar-refractivity contribution in [1.29, 1.82) is 0 Å². The Labute approximate surface area is 141 Å². The quantitative estimate of drug-likeness (QED) is 0.841. The lowest BCUT2D eigenvalue weighted by atomic mass is 9.84. The number of rotatable bonds is 5. The van der Waals surface area contributed by atoms with Crippen LogP contribution in [0.4, 0.5) is 0 Å². The number of nitrogens with one attached hydrogen (secondary N) is 1. The van der Waals surface area contributed by atoms with Crippen LogP contribution in [0.2, 0.25) is 0 Å². The Balaban J connectivity index is 1.44. The summed E-state index contributed by atoms with van der Waals surface area (Å²) in [5.41, 5.74) is 0.0385. The highest BCUT2D eigenvalue weighted by Gasteiger charge is 2.55. The number of aromatic nitrogens is 2. The average molecular weight is 332 g/mol. The van der Waals surface area contributed by atoms with Gasteiger partial charge in [-0.25, -0.2) is 4.98 Å². The molecule has 7 nitrogen and oxygen atoms in total. The monoisotopic (exact) mass is 332 g/mol. The van der Waals surface area contributed by atoms with Gasteiger partial charge in [0, 0.05) is 39.4 Å². The molecule has 1 atom stereocenters. The summed E-state index contributed by atoms with van der Waals surface area (Å²) in [5.74, 6) is 1.24. The standard InChI is InChI=1S/C17H24N4O3/c1-24-8-13-5-17(21(7-13)6-12-2-3-12)9-20(10-17)16(23)14-4-15(22)19-11-18-14/h4,11-13H,2-3,5-10H2,1H3,(H,18,19,22)/t13-/m1/s1. The first-order valence-electron chi connectivity index (χ1n) is 8.68. The molecular formula is C17H24N4O3. The highest BCUT2D eigenvalue weighted by Crippen LogP contribution is 2.43. The number of nitrogens with zero attached hydrogens (tertiary/aromatic N) is 3. The largest absolute Gasteiger partial charge is 0.384 e. The van der Waals surface area contributed by atoms with Crippen LogP contribution in [0.25, 0.3) is 0 Å². The van der Waals surface area contributed by atoms with Crippen molar-refractivity contribution in [3.05, 3.63) is 28.4 Å². The number of aromatic amines is 1. The molecule has 1 aromatic rings. The first-order valence-corrected chi connectivity index (χ1v) is 8.68. The zero-order chi connectivity index (χ0) is 16.7. The second-order valence-electron chi connectivity index (χ2n) is 7.56. The van der Waals surface area contributed by atoms with E-state index >= 15 is 0 Å². The maximum atomic E-state index is 12.5. The third-order valence-corrected chi connectivity index (χ3v) is 5.55. The summed E-state index contributed by atoms with van der Waals surface area (Å²) in [6.07, 6.45) is 5.04. The number of hydrogen-bond donors (Lipinski definition) is 1. The van der Waals surface area contributed by atoms with Crippen molar-refractivity contribution < 1.29 is 9.53 Å². The fraction of sp³-hybridized carbons (Fsp3) is 0.706. The van der Waals surface area contributed by atoms with E-state index in [0.717, 1.165) is 45.1 Å². The van der Waals surface area contributed by atoms with Crippen molar-refractivity contribution in [3.63, 3.8) is 0 Å². The maximum absolute atomic E-state index is 12.5. The van der Waals surface area contributed by atoms with Crippen LogP contribution in [0.1, 0.15) is 29.8 Å². The smallest absolute Gasteiger partial charge is 0.272 e. The van der Waals surface area contributed by atoms with Crippen molar-refractivity contribution in [3.8, 4) is 0 Å². The summed E-state index contributed by atoms with van der Waals surface area (Å²) in [6, 6.07) is 1.28. The van der Waals surface area contributed by atoms with Gasteiger partial charge in [0.05, 0.1) is 18.5 Å². The van der Waals surface area contributed by atoms with Gasteiger partial charge in [0.25, 0.3) is 11.5 Å². The normalized spacial score (nSPS) is 25.9. The van der Waals surface area contributed by atoms with Crippen LogP contribution < -0.4 is 5.56 Å². The topological polar surface area (TPSA) is 78.5 Å². The van der Waals surface area contributed by atoms with E-state index in [9.17, 15) is 9.59 Å². The van der Waals surface area contributed by atoms with Crippen molar-refractivity contribution in [2.45, 2.75) is 24.8 Å². The van der Waals surface area contributed by atoms with Crippen LogP contribution in [0.3, 0.4) is 0 Å². The van der Waals surface area contributed by atoms with Crippen molar-refractivity contribution in [2.24, 2.45) is 11.8 Å². The number of carbonyl (C=O) groups excluding carboxylic acids is 1. The van der Waals surface area contributed by atoms with Gasteiger partial charge in [-0.15, -0.1) is 0 Å². The highest BCUT2D eigenvalue weighted by molar-refractivity contribution is 5.93. The Morgan fingerprint density at radius 1 is 1.42 bits per heavy atom. The molecule has 1 aromatic heterocycles. The summed E-state index contributed by atoms with van der Waals surface area (Å²) < 4.78 is 5.36. The number of carbonyl (C=O) groups is 1. The van der Waals surface area contributed by atoms with Crippen molar-refractivity contribution >= 4 is 5.91 Å². The lowest BCUT2D eigenvalue weighted by Crippen LogP contribution is -2.69. The molecular weight excluding hydrogens is 308 g/mol. The van der Waals surface area contributed by atoms with Crippen molar-refractivity contribution in [2.75, 3.05) is 39.9 Å². The predicted octanol–water partition coefficient (Wildman–Crippen LogP) is 0.343. The van der Waals surface area contributed by atoms with Crippen LogP contribution in [0, 0.1) is 11.8 Å². The first-order chi connectivity index (χ1) is 11.6. The summed E-state index contributed by atoms with van der Waals surface area (Å²) >= 11 is 0. The van der Waals surface area contributed by atoms with Gasteiger partial charge >= 0.3 is 0 Å². The van der Waals surface area contributed by atoms with Crippen LogP contribution in [-0.2, 0) is 4.74 Å². The Morgan fingerprint density at radius 3 is 2.88 bits per heavy atom. The van der Waals surface area contributed by atoms with E-state index in [1.807, 2.05) is 4.90 Å². The summed E-state index contributed by atoms with van der Waals surface area (Å²) in [6.45, 7) is 4.45. The van der Waals surface area contributed by atoms with Gasteiger partial charge in [0.15, 0.2) is 0 Å². The van der Waals surface area contributed by atoms with Crippen LogP contribution in [0.5, 0.6) is 0 Å². The molecule has 1 N–H and O–H groups in total. The number of ether oxygens (including phenoxy) is 1. The molecule has 1 spiro atoms. The van der Waals surface area contributed by atoms with E-state index in [1.54, 1.807) is 7.11 Å². The average Bonchev–Trinajstić information content (AvgIpc) is 3.26. The van der Waals surface area contributed by atoms with Gasteiger partial charge in [-0.05, 0) is 31.1 Å². The minimum Gasteiger partial charge on any atom is -0.384 e. The summed E-state index contributed by atoms with van der Waals surface area (Å²) in [4.78, 5) is 34.8. The predicted molar refractivity (Wildman–Crippen MR) is 87.8 cm³/mol. The molecule has 1 aliphatic carbocycles. The maximum Gasteiger partial charge on any atom is 0.272 e. The Kier molecular flexibility index (Phi) is 3.92. The molecule has 3 fully saturated rings. The van der Waals surface area contributed by atoms with Gasteiger partial charge in [-0.1, -0.05) is 0 Å². The number of H-pyrrole nitrogens is 1. The lowest BCUT2D eigenvalue weighted by molar-refractivity contribution is -0.0203. The number of likely N-dealkylation sites (tertiary alicyclic amines) is 2. The molecule has 130 valence electrons. The molecule has 24 heavy (non-hydrogen) atoms. The number of hydrogen-bond acceptors (Lipinski definition) is 5. The van der Waals surface area contributed by atoms with E-state index in [1.165, 1.54) is 25.2 Å². The fourth-order valence-electron chi connectivity index (χ4n) is 4.25. The van der Waals surface area contributed by atoms with Crippen LogP contribution in [0.15, 0.2) is 17.2 Å². The Morgan fingerprint density at radius 2 is 2.21 bits per heavy atom. The van der Waals surface area contributed by atoms with E-state index in [4.69, 9.17) is 4.74 Å². The molecule has 0 radical (unpaired) electrons. The second-order valence-corrected chi connectivity index (χ2v) is 7.56. The van der Waals surface area contributed by atoms with Gasteiger partial charge in [0.1, 0.15) is 5.69 Å². The van der Waals surface area contributed by atoms with Gasteiger partial charge in [-0.3, -0.25) is 14.5 Å². The molecule has 7 heteroatoms. The Bertz CT molecular complexity index is 678. The number of amides is 1. The molecule has 2 saturated heterocycles. The molecule has 1 saturated carbocycles. The van der Waals surface area contributed by atoms with Crippen molar-refractivity contribution in [1.82, 2.24) is 19.8 Å². The minimum absolute atomic E-state index is 0.0998. The zero-order valence-electron chi connectivity index (χ0n) is 14.0. The molecule has 0 aromatic carbocycles. The van der Waals surface area contributed by atoms with E-state index < -0.39 is 0 Å². The second kappa shape index (κ2) is 5.97. The van der Waals surface area contributed by atoms with Crippen LogP contribution >= 0.6 is 0 Å². The van der Waals surface area contributed by atoms with Gasteiger partial charge in [-0.2, -0.15) is 0 Å². The summed E-state index contributed by atoms with van der Waals surface area (Å²) in [7, 11) is 1.76. The van der Waals surface area contributed by atoms with E-state index in [0.29, 0.717) is 5.92 Å². The molecule has 0 unspecified atom stereocenters. The van der Waals surface area contributed by atoms with Crippen LogP contribution in [-0.4, -0.2) is 71.1 Å². The minimum atomic E-state index is -0.292. The SMILES string of the molecule is COC[C@H]1CN(CC2CC2)C2(C1)CN(C(=O)c1cc(=O)[nH]cn1)C2. The third-order valence-electron chi connectivity index (χ3n) is 5.55. The molecule has 0 bridgehead atoms. The number of methoxy groups -OCH3 is 1. The summed E-state index contributed by atoms with van der Waals surface area (Å²) in [5, 5.41) is 0. The highest BCUT2D eigenvalue weighted by atomic mass is 16.5. The molecule has 4 rings (SSSR count). The molecule has 3 heterocycles. The zero-order valence-corrected chi connectivity index (χ0v) is 14.0. The Hall–Kier alpha value is -1.73. The van der Waals surface area contributed by atoms with E-state index in [-0.39, 0.29) is 22.7 Å². The molecule has 3 aliphatic rings. The third kappa shape index (κ3) is 2.86. The first kappa shape index (κ1) is 15.8. The van der Waals surface area contributed by atoms with Gasteiger partial charge < -0.3 is 14.6 Å². The van der Waals surface area contributed by atoms with Gasteiger partial charge in [0.2, 0.25) is 0 Å². The fourth-order valence-corrected chi connectivity index (χ4v) is 4.25. The lowest BCUT2D eigenvalue weighted by Gasteiger charge is -2.53. The molecule has 1 amide bonds. The molecule has 2 aliphatic heterocycles.